The summed E-state index contributed by atoms with van der Waals surface area (Å²) in [6.45, 7) is 8.31. The van der Waals surface area contributed by atoms with Gasteiger partial charge in [0.15, 0.2) is 0 Å². The van der Waals surface area contributed by atoms with Crippen LogP contribution in [0.4, 0.5) is 0 Å². The summed E-state index contributed by atoms with van der Waals surface area (Å²) < 4.78 is 0. The number of nitrogens with one attached hydrogen (secondary N) is 1. The predicted molar refractivity (Wildman–Crippen MR) is 84.9 cm³/mol. The van der Waals surface area contributed by atoms with Crippen LogP contribution in [0.2, 0.25) is 0 Å². The number of aryl methyl sites for hydroxylation is 1. The third-order valence-corrected chi connectivity index (χ3v) is 4.98. The summed E-state index contributed by atoms with van der Waals surface area (Å²) in [4.78, 5) is 2.70. The Labute approximate surface area is 123 Å². The van der Waals surface area contributed by atoms with E-state index in [0.717, 1.165) is 18.4 Å². The number of nitrogens with zero attached hydrogens (tertiary/aromatic N) is 1. The molecule has 1 N–H and O–H groups in total. The van der Waals surface area contributed by atoms with Crippen molar-refractivity contribution < 1.29 is 0 Å². The van der Waals surface area contributed by atoms with Crippen molar-refractivity contribution in [2.75, 3.05) is 19.6 Å². The lowest BCUT2D eigenvalue weighted by atomic mass is 10.0. The van der Waals surface area contributed by atoms with E-state index in [1.54, 1.807) is 0 Å². The van der Waals surface area contributed by atoms with Crippen LogP contribution in [0.25, 0.3) is 0 Å². The second-order valence-electron chi connectivity index (χ2n) is 6.61. The van der Waals surface area contributed by atoms with Gasteiger partial charge >= 0.3 is 0 Å². The van der Waals surface area contributed by atoms with Crippen LogP contribution in [0, 0.1) is 5.92 Å². The van der Waals surface area contributed by atoms with Gasteiger partial charge in [0.05, 0.1) is 0 Å². The normalized spacial score (nSPS) is 25.0. The highest BCUT2D eigenvalue weighted by Gasteiger charge is 2.34. The van der Waals surface area contributed by atoms with E-state index < -0.39 is 0 Å². The quantitative estimate of drug-likeness (QED) is 0.854. The Morgan fingerprint density at radius 3 is 2.60 bits per heavy atom. The molecule has 1 aliphatic heterocycles. The molecule has 1 aromatic carbocycles. The number of hydrogen-bond acceptors (Lipinski definition) is 2. The Kier molecular flexibility index (Phi) is 4.42. The van der Waals surface area contributed by atoms with Crippen LogP contribution in [-0.2, 0) is 6.42 Å². The third kappa shape index (κ3) is 3.42. The molecule has 0 radical (unpaired) electrons. The molecule has 1 heterocycles. The second-order valence-corrected chi connectivity index (χ2v) is 6.61. The molecule has 2 unspecified atom stereocenters. The van der Waals surface area contributed by atoms with Crippen LogP contribution < -0.4 is 5.32 Å². The smallest absolute Gasteiger partial charge is 0.0291 e. The average Bonchev–Trinajstić information content (AvgIpc) is 3.24. The van der Waals surface area contributed by atoms with Crippen molar-refractivity contribution in [2.24, 2.45) is 5.92 Å². The standard InChI is InChI=1S/C18H28N2/c1-3-15-4-6-17(7-5-15)14(2)19-12-16-10-11-20(13-16)18-8-9-18/h4-7,14,16,18-19H,3,8-13H2,1-2H3. The van der Waals surface area contributed by atoms with Gasteiger partial charge in [-0.25, -0.2) is 0 Å². The van der Waals surface area contributed by atoms with Gasteiger partial charge in [-0.05, 0) is 62.7 Å². The highest BCUT2D eigenvalue weighted by atomic mass is 15.2. The molecule has 0 aromatic heterocycles. The zero-order chi connectivity index (χ0) is 13.9. The summed E-state index contributed by atoms with van der Waals surface area (Å²) in [5, 5.41) is 3.73. The molecular weight excluding hydrogens is 244 g/mol. The first-order valence-corrected chi connectivity index (χ1v) is 8.32. The molecule has 2 nitrogen and oxygen atoms in total. The fourth-order valence-electron chi connectivity index (χ4n) is 3.30. The lowest BCUT2D eigenvalue weighted by Gasteiger charge is -2.19. The monoisotopic (exact) mass is 272 g/mol. The summed E-state index contributed by atoms with van der Waals surface area (Å²) in [6.07, 6.45) is 5.40. The summed E-state index contributed by atoms with van der Waals surface area (Å²) in [5.74, 6) is 0.855. The molecule has 110 valence electrons. The van der Waals surface area contributed by atoms with Gasteiger partial charge in [-0.2, -0.15) is 0 Å². The minimum atomic E-state index is 0.468. The SMILES string of the molecule is CCc1ccc(C(C)NCC2CCN(C3CC3)C2)cc1. The van der Waals surface area contributed by atoms with E-state index in [4.69, 9.17) is 0 Å². The molecule has 2 fully saturated rings. The molecule has 1 saturated carbocycles. The van der Waals surface area contributed by atoms with Crippen LogP contribution in [-0.4, -0.2) is 30.6 Å². The van der Waals surface area contributed by atoms with E-state index in [2.05, 4.69) is 48.3 Å². The van der Waals surface area contributed by atoms with E-state index in [1.165, 1.54) is 50.0 Å². The first-order chi connectivity index (χ1) is 9.76. The molecular formula is C18H28N2. The van der Waals surface area contributed by atoms with Crippen LogP contribution >= 0.6 is 0 Å². The van der Waals surface area contributed by atoms with Gasteiger partial charge in [-0.3, -0.25) is 0 Å². The van der Waals surface area contributed by atoms with Crippen LogP contribution in [0.1, 0.15) is 50.3 Å². The second kappa shape index (κ2) is 6.28. The fraction of sp³-hybridized carbons (Fsp3) is 0.667. The molecule has 1 aliphatic carbocycles. The van der Waals surface area contributed by atoms with E-state index in [-0.39, 0.29) is 0 Å². The lowest BCUT2D eigenvalue weighted by Crippen LogP contribution is -2.29. The van der Waals surface area contributed by atoms with Gasteiger partial charge in [-0.15, -0.1) is 0 Å². The van der Waals surface area contributed by atoms with Gasteiger partial charge in [0, 0.05) is 18.6 Å². The van der Waals surface area contributed by atoms with Crippen LogP contribution in [0.5, 0.6) is 0 Å². The van der Waals surface area contributed by atoms with Gasteiger partial charge in [0.25, 0.3) is 0 Å². The average molecular weight is 272 g/mol. The molecule has 1 aromatic rings. The van der Waals surface area contributed by atoms with Crippen molar-refractivity contribution in [2.45, 2.75) is 51.6 Å². The maximum atomic E-state index is 3.73. The van der Waals surface area contributed by atoms with E-state index >= 15 is 0 Å². The summed E-state index contributed by atoms with van der Waals surface area (Å²) in [7, 11) is 0. The third-order valence-electron chi connectivity index (χ3n) is 4.98. The van der Waals surface area contributed by atoms with Crippen molar-refractivity contribution in [1.29, 1.82) is 0 Å². The van der Waals surface area contributed by atoms with E-state index in [1.807, 2.05) is 0 Å². The number of hydrogen-bond donors (Lipinski definition) is 1. The van der Waals surface area contributed by atoms with Crippen molar-refractivity contribution in [3.63, 3.8) is 0 Å². The first-order valence-electron chi connectivity index (χ1n) is 8.32. The summed E-state index contributed by atoms with van der Waals surface area (Å²) in [5.41, 5.74) is 2.84. The topological polar surface area (TPSA) is 15.3 Å². The molecule has 0 spiro atoms. The van der Waals surface area contributed by atoms with E-state index in [9.17, 15) is 0 Å². The van der Waals surface area contributed by atoms with Crippen molar-refractivity contribution in [1.82, 2.24) is 10.2 Å². The van der Waals surface area contributed by atoms with Crippen LogP contribution in [0.3, 0.4) is 0 Å². The molecule has 3 rings (SSSR count). The minimum Gasteiger partial charge on any atom is -0.310 e. The van der Waals surface area contributed by atoms with Crippen molar-refractivity contribution in [3.05, 3.63) is 35.4 Å². The highest BCUT2D eigenvalue weighted by molar-refractivity contribution is 5.24. The Hall–Kier alpha value is -0.860. The van der Waals surface area contributed by atoms with E-state index in [0.29, 0.717) is 6.04 Å². The molecule has 0 amide bonds. The Bertz CT molecular complexity index is 422. The molecule has 0 bridgehead atoms. The molecule has 1 saturated heterocycles. The molecule has 2 aliphatic rings. The predicted octanol–water partition coefficient (Wildman–Crippen LogP) is 3.38. The largest absolute Gasteiger partial charge is 0.310 e. The summed E-state index contributed by atoms with van der Waals surface area (Å²) >= 11 is 0. The lowest BCUT2D eigenvalue weighted by molar-refractivity contribution is 0.310. The zero-order valence-corrected chi connectivity index (χ0v) is 12.9. The van der Waals surface area contributed by atoms with Gasteiger partial charge < -0.3 is 10.2 Å². The highest BCUT2D eigenvalue weighted by Crippen LogP contribution is 2.31. The van der Waals surface area contributed by atoms with Gasteiger partial charge in [0.2, 0.25) is 0 Å². The zero-order valence-electron chi connectivity index (χ0n) is 12.9. The van der Waals surface area contributed by atoms with Crippen molar-refractivity contribution >= 4 is 0 Å². The first kappa shape index (κ1) is 14.1. The number of benzene rings is 1. The van der Waals surface area contributed by atoms with Gasteiger partial charge in [0.1, 0.15) is 0 Å². The van der Waals surface area contributed by atoms with Crippen LogP contribution in [0.15, 0.2) is 24.3 Å². The molecule has 2 heteroatoms. The Morgan fingerprint density at radius 1 is 1.20 bits per heavy atom. The Balaban J connectivity index is 1.45. The maximum Gasteiger partial charge on any atom is 0.0291 e. The number of likely N-dealkylation sites (tertiary alicyclic amines) is 1. The Morgan fingerprint density at radius 2 is 1.95 bits per heavy atom. The molecule has 2 atom stereocenters. The van der Waals surface area contributed by atoms with Gasteiger partial charge in [-0.1, -0.05) is 31.2 Å². The maximum absolute atomic E-state index is 3.73. The molecule has 20 heavy (non-hydrogen) atoms. The minimum absolute atomic E-state index is 0.468. The van der Waals surface area contributed by atoms with Crippen molar-refractivity contribution in [3.8, 4) is 0 Å². The summed E-state index contributed by atoms with van der Waals surface area (Å²) in [6, 6.07) is 10.5. The number of rotatable bonds is 6. The fourth-order valence-corrected chi connectivity index (χ4v) is 3.30.